The average molecular weight is 266 g/mol. The quantitative estimate of drug-likeness (QED) is 0.706. The molecule has 0 bridgehead atoms. The fourth-order valence-electron chi connectivity index (χ4n) is 2.08. The molecule has 0 fully saturated rings. The summed E-state index contributed by atoms with van der Waals surface area (Å²) >= 11 is 0. The minimum atomic E-state index is -0.283. The summed E-state index contributed by atoms with van der Waals surface area (Å²) in [6.45, 7) is 7.83. The van der Waals surface area contributed by atoms with Crippen molar-refractivity contribution in [3.05, 3.63) is 17.5 Å². The van der Waals surface area contributed by atoms with E-state index >= 15 is 0 Å². The lowest BCUT2D eigenvalue weighted by atomic mass is 10.2. The van der Waals surface area contributed by atoms with E-state index in [1.54, 1.807) is 0 Å². The number of hydrogen-bond acceptors (Lipinski definition) is 3. The Kier molecular flexibility index (Phi) is 6.56. The highest BCUT2D eigenvalue weighted by atomic mass is 16.1. The maximum absolute atomic E-state index is 11.4. The lowest BCUT2D eigenvalue weighted by molar-refractivity contribution is -0.120. The third-order valence-corrected chi connectivity index (χ3v) is 3.25. The molecule has 1 heterocycles. The Bertz CT molecular complexity index is 400. The first-order chi connectivity index (χ1) is 9.12. The summed E-state index contributed by atoms with van der Waals surface area (Å²) in [4.78, 5) is 11.4. The zero-order valence-corrected chi connectivity index (χ0v) is 12.3. The molecule has 108 valence electrons. The first kappa shape index (κ1) is 15.7. The molecule has 3 N–H and O–H groups in total. The maximum atomic E-state index is 11.4. The van der Waals surface area contributed by atoms with Crippen molar-refractivity contribution in [1.82, 2.24) is 15.1 Å². The van der Waals surface area contributed by atoms with Crippen LogP contribution in [0, 0.1) is 0 Å². The fraction of sp³-hybridized carbons (Fsp3) is 0.714. The summed E-state index contributed by atoms with van der Waals surface area (Å²) in [6, 6.07) is 1.87. The molecule has 19 heavy (non-hydrogen) atoms. The number of nitrogens with two attached hydrogens (primary N) is 1. The average Bonchev–Trinajstić information content (AvgIpc) is 2.80. The number of aryl methyl sites for hydroxylation is 3. The largest absolute Gasteiger partial charge is 0.368 e. The lowest BCUT2D eigenvalue weighted by Gasteiger charge is -2.15. The molecule has 0 spiro atoms. The molecular weight excluding hydrogens is 240 g/mol. The molecule has 1 atom stereocenters. The fourth-order valence-corrected chi connectivity index (χ4v) is 2.08. The molecular formula is C14H26N4O. The summed E-state index contributed by atoms with van der Waals surface area (Å²) in [7, 11) is 0. The topological polar surface area (TPSA) is 72.9 Å². The van der Waals surface area contributed by atoms with Crippen molar-refractivity contribution in [2.45, 2.75) is 59.0 Å². The third kappa shape index (κ3) is 4.67. The van der Waals surface area contributed by atoms with Crippen LogP contribution < -0.4 is 11.1 Å². The zero-order valence-electron chi connectivity index (χ0n) is 12.3. The van der Waals surface area contributed by atoms with Crippen LogP contribution in [0.15, 0.2) is 6.07 Å². The van der Waals surface area contributed by atoms with Crippen LogP contribution in [-0.2, 0) is 24.2 Å². The Labute approximate surface area is 115 Å². The lowest BCUT2D eigenvalue weighted by Crippen LogP contribution is -2.42. The van der Waals surface area contributed by atoms with Crippen LogP contribution >= 0.6 is 0 Å². The van der Waals surface area contributed by atoms with E-state index in [4.69, 9.17) is 5.73 Å². The second-order valence-electron chi connectivity index (χ2n) is 4.76. The van der Waals surface area contributed by atoms with Gasteiger partial charge in [0.15, 0.2) is 0 Å². The molecule has 5 nitrogen and oxygen atoms in total. The van der Waals surface area contributed by atoms with Gasteiger partial charge in [-0.3, -0.25) is 9.48 Å². The normalized spacial score (nSPS) is 12.6. The second kappa shape index (κ2) is 7.94. The van der Waals surface area contributed by atoms with Crippen molar-refractivity contribution in [3.8, 4) is 0 Å². The summed E-state index contributed by atoms with van der Waals surface area (Å²) in [5, 5.41) is 7.73. The van der Waals surface area contributed by atoms with E-state index in [1.807, 2.05) is 4.68 Å². The van der Waals surface area contributed by atoms with Crippen LogP contribution in [0.1, 0.15) is 45.0 Å². The number of amides is 1. The van der Waals surface area contributed by atoms with Crippen molar-refractivity contribution < 1.29 is 4.79 Å². The van der Waals surface area contributed by atoms with Gasteiger partial charge in [-0.05, 0) is 38.3 Å². The Hall–Kier alpha value is -1.36. The van der Waals surface area contributed by atoms with Crippen LogP contribution in [0.25, 0.3) is 0 Å². The van der Waals surface area contributed by atoms with E-state index in [0.29, 0.717) is 6.42 Å². The Morgan fingerprint density at radius 3 is 2.68 bits per heavy atom. The molecule has 1 aromatic rings. The molecule has 1 unspecified atom stereocenters. The highest BCUT2D eigenvalue weighted by Crippen LogP contribution is 2.08. The van der Waals surface area contributed by atoms with Crippen LogP contribution in [0.5, 0.6) is 0 Å². The Balaban J connectivity index is 2.62. The molecule has 1 rings (SSSR count). The monoisotopic (exact) mass is 266 g/mol. The van der Waals surface area contributed by atoms with Crippen LogP contribution in [0.2, 0.25) is 0 Å². The second-order valence-corrected chi connectivity index (χ2v) is 4.76. The number of hydrogen-bond donors (Lipinski definition) is 2. The number of carbonyl (C=O) groups excluding carboxylic acids is 1. The SMILES string of the molecule is CCCNC(CCn1nc(CC)cc1CC)C(N)=O. The van der Waals surface area contributed by atoms with Gasteiger partial charge in [0, 0.05) is 12.2 Å². The summed E-state index contributed by atoms with van der Waals surface area (Å²) < 4.78 is 2.00. The van der Waals surface area contributed by atoms with Gasteiger partial charge < -0.3 is 11.1 Å². The Morgan fingerprint density at radius 2 is 2.16 bits per heavy atom. The summed E-state index contributed by atoms with van der Waals surface area (Å²) in [5.74, 6) is -0.283. The van der Waals surface area contributed by atoms with E-state index in [2.05, 4.69) is 37.3 Å². The third-order valence-electron chi connectivity index (χ3n) is 3.25. The van der Waals surface area contributed by atoms with E-state index in [0.717, 1.165) is 38.0 Å². The predicted octanol–water partition coefficient (Wildman–Crippen LogP) is 1.25. The summed E-state index contributed by atoms with van der Waals surface area (Å²) in [6.07, 6.45) is 3.57. The molecule has 0 saturated carbocycles. The minimum absolute atomic E-state index is 0.265. The van der Waals surface area contributed by atoms with Gasteiger partial charge in [0.2, 0.25) is 5.91 Å². The smallest absolute Gasteiger partial charge is 0.234 e. The molecule has 5 heteroatoms. The molecule has 0 aromatic carbocycles. The zero-order chi connectivity index (χ0) is 14.3. The molecule has 0 radical (unpaired) electrons. The van der Waals surface area contributed by atoms with Crippen molar-refractivity contribution in [3.63, 3.8) is 0 Å². The molecule has 0 aliphatic carbocycles. The number of aromatic nitrogens is 2. The van der Waals surface area contributed by atoms with Crippen molar-refractivity contribution in [1.29, 1.82) is 0 Å². The van der Waals surface area contributed by atoms with E-state index < -0.39 is 0 Å². The number of rotatable bonds is 9. The molecule has 0 aliphatic heterocycles. The van der Waals surface area contributed by atoms with Gasteiger partial charge >= 0.3 is 0 Å². The van der Waals surface area contributed by atoms with E-state index in [1.165, 1.54) is 5.69 Å². The van der Waals surface area contributed by atoms with Crippen LogP contribution in [0.4, 0.5) is 0 Å². The molecule has 1 aromatic heterocycles. The first-order valence-electron chi connectivity index (χ1n) is 7.20. The maximum Gasteiger partial charge on any atom is 0.234 e. The van der Waals surface area contributed by atoms with Crippen LogP contribution in [0.3, 0.4) is 0 Å². The first-order valence-corrected chi connectivity index (χ1v) is 7.20. The molecule has 0 aliphatic rings. The van der Waals surface area contributed by atoms with Gasteiger partial charge in [0.25, 0.3) is 0 Å². The van der Waals surface area contributed by atoms with Gasteiger partial charge in [-0.15, -0.1) is 0 Å². The molecule has 0 saturated heterocycles. The Morgan fingerprint density at radius 1 is 1.42 bits per heavy atom. The van der Waals surface area contributed by atoms with Gasteiger partial charge in [-0.25, -0.2) is 0 Å². The highest BCUT2D eigenvalue weighted by Gasteiger charge is 2.15. The number of nitrogens with one attached hydrogen (secondary N) is 1. The summed E-state index contributed by atoms with van der Waals surface area (Å²) in [5.41, 5.74) is 7.74. The van der Waals surface area contributed by atoms with Gasteiger partial charge in [0.1, 0.15) is 0 Å². The predicted molar refractivity (Wildman–Crippen MR) is 76.9 cm³/mol. The van der Waals surface area contributed by atoms with Crippen molar-refractivity contribution >= 4 is 5.91 Å². The van der Waals surface area contributed by atoms with Crippen molar-refractivity contribution in [2.24, 2.45) is 5.73 Å². The van der Waals surface area contributed by atoms with Gasteiger partial charge in [-0.2, -0.15) is 5.10 Å². The molecule has 1 amide bonds. The van der Waals surface area contributed by atoms with E-state index in [-0.39, 0.29) is 11.9 Å². The minimum Gasteiger partial charge on any atom is -0.368 e. The standard InChI is InChI=1S/C14H26N4O/c1-4-8-16-13(14(15)19)7-9-18-12(6-3)10-11(5-2)17-18/h10,13,16H,4-9H2,1-3H3,(H2,15,19). The number of nitrogens with zero attached hydrogens (tertiary/aromatic N) is 2. The van der Waals surface area contributed by atoms with Crippen molar-refractivity contribution in [2.75, 3.05) is 6.54 Å². The highest BCUT2D eigenvalue weighted by molar-refractivity contribution is 5.79. The number of carbonyl (C=O) groups is 1. The van der Waals surface area contributed by atoms with Gasteiger partial charge in [0.05, 0.1) is 11.7 Å². The number of primary amides is 1. The van der Waals surface area contributed by atoms with Gasteiger partial charge in [-0.1, -0.05) is 20.8 Å². The van der Waals surface area contributed by atoms with Crippen LogP contribution in [-0.4, -0.2) is 28.3 Å². The van der Waals surface area contributed by atoms with E-state index in [9.17, 15) is 4.79 Å².